The van der Waals surface area contributed by atoms with E-state index in [1.54, 1.807) is 0 Å². The Kier molecular flexibility index (Phi) is 7.02. The van der Waals surface area contributed by atoms with Crippen LogP contribution in [0.2, 0.25) is 0 Å². The fraction of sp³-hybridized carbons (Fsp3) is 0.269. The predicted octanol–water partition coefficient (Wildman–Crippen LogP) is 5.57. The van der Waals surface area contributed by atoms with E-state index in [-0.39, 0.29) is 5.91 Å². The smallest absolute Gasteiger partial charge is 0.251 e. The van der Waals surface area contributed by atoms with Gasteiger partial charge < -0.3 is 5.32 Å². The molecule has 28 heavy (non-hydrogen) atoms. The number of aryl methyl sites for hydroxylation is 2. The molecule has 0 heterocycles. The molecule has 0 unspecified atom stereocenters. The zero-order chi connectivity index (χ0) is 19.8. The Morgan fingerprint density at radius 1 is 0.750 bits per heavy atom. The van der Waals surface area contributed by atoms with Crippen molar-refractivity contribution < 1.29 is 4.79 Å². The average molecular weight is 372 g/mol. The Morgan fingerprint density at radius 2 is 1.39 bits per heavy atom. The summed E-state index contributed by atoms with van der Waals surface area (Å²) in [6.45, 7) is 5.04. The van der Waals surface area contributed by atoms with Crippen LogP contribution in [0.1, 0.15) is 52.4 Å². The fourth-order valence-corrected chi connectivity index (χ4v) is 3.37. The van der Waals surface area contributed by atoms with Crippen molar-refractivity contribution in [3.05, 3.63) is 107 Å². The minimum Gasteiger partial charge on any atom is -0.352 e. The molecule has 144 valence electrons. The summed E-state index contributed by atoms with van der Waals surface area (Å²) in [4.78, 5) is 12.7. The normalized spacial score (nSPS) is 10.8. The Bertz CT molecular complexity index is 882. The second kappa shape index (κ2) is 9.89. The highest BCUT2D eigenvalue weighted by Gasteiger charge is 2.10. The van der Waals surface area contributed by atoms with Gasteiger partial charge in [-0.05, 0) is 53.5 Å². The summed E-state index contributed by atoms with van der Waals surface area (Å²) >= 11 is 0. The molecule has 1 amide bonds. The van der Waals surface area contributed by atoms with E-state index in [0.717, 1.165) is 30.4 Å². The van der Waals surface area contributed by atoms with E-state index in [1.165, 1.54) is 16.7 Å². The van der Waals surface area contributed by atoms with Gasteiger partial charge in [-0.2, -0.15) is 0 Å². The molecule has 3 aromatic carbocycles. The van der Waals surface area contributed by atoms with Crippen LogP contribution in [-0.4, -0.2) is 12.5 Å². The van der Waals surface area contributed by atoms with Crippen molar-refractivity contribution in [2.24, 2.45) is 0 Å². The predicted molar refractivity (Wildman–Crippen MR) is 117 cm³/mol. The van der Waals surface area contributed by atoms with Crippen molar-refractivity contribution in [2.75, 3.05) is 6.54 Å². The third-order valence-electron chi connectivity index (χ3n) is 5.13. The van der Waals surface area contributed by atoms with Gasteiger partial charge >= 0.3 is 0 Å². The lowest BCUT2D eigenvalue weighted by atomic mass is 9.99. The second-order valence-corrected chi connectivity index (χ2v) is 7.54. The largest absolute Gasteiger partial charge is 0.352 e. The highest BCUT2D eigenvalue weighted by molar-refractivity contribution is 5.95. The topological polar surface area (TPSA) is 29.1 Å². The first-order valence-electron chi connectivity index (χ1n) is 10.1. The van der Waals surface area contributed by atoms with Crippen LogP contribution in [0.25, 0.3) is 0 Å². The van der Waals surface area contributed by atoms with Crippen molar-refractivity contribution in [1.82, 2.24) is 5.32 Å². The van der Waals surface area contributed by atoms with Crippen LogP contribution in [0.3, 0.4) is 0 Å². The van der Waals surface area contributed by atoms with Gasteiger partial charge in [0.15, 0.2) is 0 Å². The molecule has 0 radical (unpaired) electrons. The summed E-state index contributed by atoms with van der Waals surface area (Å²) in [7, 11) is 0. The molecule has 0 fully saturated rings. The summed E-state index contributed by atoms with van der Waals surface area (Å²) < 4.78 is 0. The molecule has 0 aromatic heterocycles. The maximum atomic E-state index is 12.7. The second-order valence-electron chi connectivity index (χ2n) is 7.54. The first-order chi connectivity index (χ1) is 13.6. The summed E-state index contributed by atoms with van der Waals surface area (Å²) in [5.74, 6) is 0.559. The lowest BCUT2D eigenvalue weighted by molar-refractivity contribution is 0.0953. The molecule has 0 bridgehead atoms. The number of hydrogen-bond donors (Lipinski definition) is 1. The number of rotatable bonds is 8. The molecule has 3 rings (SSSR count). The monoisotopic (exact) mass is 371 g/mol. The van der Waals surface area contributed by atoms with E-state index >= 15 is 0 Å². The average Bonchev–Trinajstić information content (AvgIpc) is 2.73. The van der Waals surface area contributed by atoms with Gasteiger partial charge in [0.05, 0.1) is 0 Å². The number of benzene rings is 3. The van der Waals surface area contributed by atoms with Crippen LogP contribution in [0.15, 0.2) is 78.9 Å². The molecule has 0 spiro atoms. The molecule has 0 atom stereocenters. The van der Waals surface area contributed by atoms with Crippen LogP contribution >= 0.6 is 0 Å². The van der Waals surface area contributed by atoms with Crippen molar-refractivity contribution in [3.63, 3.8) is 0 Å². The lowest BCUT2D eigenvalue weighted by Gasteiger charge is -2.11. The number of amides is 1. The third kappa shape index (κ3) is 5.56. The molecule has 2 heteroatoms. The van der Waals surface area contributed by atoms with E-state index < -0.39 is 0 Å². The minimum absolute atomic E-state index is 0.0162. The van der Waals surface area contributed by atoms with Crippen molar-refractivity contribution >= 4 is 5.91 Å². The highest BCUT2D eigenvalue weighted by Crippen LogP contribution is 2.15. The Morgan fingerprint density at radius 3 is 2.11 bits per heavy atom. The first-order valence-corrected chi connectivity index (χ1v) is 10.1. The van der Waals surface area contributed by atoms with E-state index in [4.69, 9.17) is 0 Å². The lowest BCUT2D eigenvalue weighted by Crippen LogP contribution is -2.26. The number of hydrogen-bond acceptors (Lipinski definition) is 1. The van der Waals surface area contributed by atoms with Gasteiger partial charge in [-0.25, -0.2) is 0 Å². The van der Waals surface area contributed by atoms with Crippen LogP contribution in [0.5, 0.6) is 0 Å². The fourth-order valence-electron chi connectivity index (χ4n) is 3.37. The van der Waals surface area contributed by atoms with E-state index in [2.05, 4.69) is 73.8 Å². The maximum absolute atomic E-state index is 12.7. The van der Waals surface area contributed by atoms with E-state index in [1.807, 2.05) is 24.3 Å². The molecule has 0 aliphatic rings. The summed E-state index contributed by atoms with van der Waals surface area (Å²) in [5.41, 5.74) is 5.78. The van der Waals surface area contributed by atoms with Gasteiger partial charge in [-0.3, -0.25) is 4.79 Å². The Balaban J connectivity index is 1.55. The Labute approximate surface area is 168 Å². The summed E-state index contributed by atoms with van der Waals surface area (Å²) in [6.07, 6.45) is 2.65. The van der Waals surface area contributed by atoms with Crippen molar-refractivity contribution in [2.45, 2.75) is 39.0 Å². The highest BCUT2D eigenvalue weighted by atomic mass is 16.1. The van der Waals surface area contributed by atoms with Crippen LogP contribution < -0.4 is 5.32 Å². The summed E-state index contributed by atoms with van der Waals surface area (Å²) in [5, 5.41) is 3.08. The molecular weight excluding hydrogens is 342 g/mol. The van der Waals surface area contributed by atoms with Gasteiger partial charge in [0.25, 0.3) is 5.91 Å². The molecule has 0 aliphatic carbocycles. The SMILES string of the molecule is CC(C)c1ccc(CCNC(=O)c2ccccc2CCc2ccccc2)cc1. The molecule has 2 nitrogen and oxygen atoms in total. The van der Waals surface area contributed by atoms with Crippen LogP contribution in [-0.2, 0) is 19.3 Å². The van der Waals surface area contributed by atoms with Crippen LogP contribution in [0.4, 0.5) is 0 Å². The van der Waals surface area contributed by atoms with Crippen molar-refractivity contribution in [3.8, 4) is 0 Å². The molecular formula is C26H29NO. The van der Waals surface area contributed by atoms with E-state index in [0.29, 0.717) is 12.5 Å². The molecule has 0 aliphatic heterocycles. The third-order valence-corrected chi connectivity index (χ3v) is 5.13. The minimum atomic E-state index is 0.0162. The zero-order valence-corrected chi connectivity index (χ0v) is 16.8. The van der Waals surface area contributed by atoms with Gasteiger partial charge in [-0.1, -0.05) is 86.6 Å². The quantitative estimate of drug-likeness (QED) is 0.551. The number of nitrogens with one attached hydrogen (secondary N) is 1. The molecule has 0 saturated heterocycles. The van der Waals surface area contributed by atoms with Crippen LogP contribution in [0, 0.1) is 0 Å². The molecule has 0 saturated carbocycles. The summed E-state index contributed by atoms with van der Waals surface area (Å²) in [6, 6.07) is 27.0. The molecule has 1 N–H and O–H groups in total. The number of carbonyl (C=O) groups excluding carboxylic acids is 1. The van der Waals surface area contributed by atoms with Crippen molar-refractivity contribution in [1.29, 1.82) is 0 Å². The first kappa shape index (κ1) is 19.9. The molecule has 3 aromatic rings. The van der Waals surface area contributed by atoms with Gasteiger partial charge in [0.1, 0.15) is 0 Å². The maximum Gasteiger partial charge on any atom is 0.251 e. The zero-order valence-electron chi connectivity index (χ0n) is 16.8. The van der Waals surface area contributed by atoms with Gasteiger partial charge in [-0.15, -0.1) is 0 Å². The van der Waals surface area contributed by atoms with Gasteiger partial charge in [0.2, 0.25) is 0 Å². The number of carbonyl (C=O) groups is 1. The van der Waals surface area contributed by atoms with E-state index in [9.17, 15) is 4.79 Å². The standard InChI is InChI=1S/C26H29NO/c1-20(2)23-15-12-22(13-16-23)18-19-27-26(28)25-11-7-6-10-24(25)17-14-21-8-4-3-5-9-21/h3-13,15-16,20H,14,17-19H2,1-2H3,(H,27,28). The van der Waals surface area contributed by atoms with Gasteiger partial charge in [0, 0.05) is 12.1 Å². The Hall–Kier alpha value is -2.87.